The second-order valence-electron chi connectivity index (χ2n) is 3.50. The van der Waals surface area contributed by atoms with Gasteiger partial charge in [0.2, 0.25) is 5.88 Å². The number of pyridine rings is 1. The second kappa shape index (κ2) is 5.75. The number of rotatable bonds is 5. The van der Waals surface area contributed by atoms with Crippen LogP contribution in [0.15, 0.2) is 24.5 Å². The first-order chi connectivity index (χ1) is 8.33. The normalized spacial score (nSPS) is 10.5. The molecule has 0 aromatic carbocycles. The zero-order chi connectivity index (χ0) is 12.1. The average Bonchev–Trinajstić information content (AvgIpc) is 2.85. The van der Waals surface area contributed by atoms with Gasteiger partial charge >= 0.3 is 0 Å². The largest absolute Gasteiger partial charge is 0.481 e. The molecule has 0 atom stereocenters. The molecule has 0 unspecified atom stereocenters. The number of ether oxygens (including phenoxy) is 1. The van der Waals surface area contributed by atoms with Crippen LogP contribution in [0.1, 0.15) is 11.8 Å². The van der Waals surface area contributed by atoms with Crippen molar-refractivity contribution in [3.63, 3.8) is 0 Å². The Morgan fingerprint density at radius 2 is 2.18 bits per heavy atom. The molecule has 0 radical (unpaired) electrons. The van der Waals surface area contributed by atoms with E-state index in [2.05, 4.69) is 22.2 Å². The summed E-state index contributed by atoms with van der Waals surface area (Å²) in [5.41, 5.74) is 1.03. The van der Waals surface area contributed by atoms with Crippen molar-refractivity contribution in [1.82, 2.24) is 15.3 Å². The van der Waals surface area contributed by atoms with Gasteiger partial charge < -0.3 is 10.1 Å². The molecule has 0 saturated heterocycles. The van der Waals surface area contributed by atoms with Crippen LogP contribution in [0, 0.1) is 0 Å². The van der Waals surface area contributed by atoms with Crippen molar-refractivity contribution in [2.75, 3.05) is 13.7 Å². The summed E-state index contributed by atoms with van der Waals surface area (Å²) in [4.78, 5) is 9.80. The molecule has 1 N–H and O–H groups in total. The van der Waals surface area contributed by atoms with E-state index in [1.807, 2.05) is 18.3 Å². The number of aromatic nitrogens is 2. The van der Waals surface area contributed by atoms with Crippen molar-refractivity contribution in [1.29, 1.82) is 0 Å². The SMILES string of the molecule is CCNCc1cnc(-c2ccc(OC)nc2)s1. The molecule has 0 spiro atoms. The molecule has 2 rings (SSSR count). The van der Waals surface area contributed by atoms with Gasteiger partial charge in [0.25, 0.3) is 0 Å². The van der Waals surface area contributed by atoms with Crippen LogP contribution in [0.2, 0.25) is 0 Å². The van der Waals surface area contributed by atoms with Gasteiger partial charge in [-0.25, -0.2) is 9.97 Å². The number of nitrogens with zero attached hydrogens (tertiary/aromatic N) is 2. The number of nitrogens with one attached hydrogen (secondary N) is 1. The fourth-order valence-corrected chi connectivity index (χ4v) is 2.27. The standard InChI is InChI=1S/C12H15N3OS/c1-3-13-7-10-8-15-12(17-10)9-4-5-11(16-2)14-6-9/h4-6,8,13H,3,7H2,1-2H3. The maximum Gasteiger partial charge on any atom is 0.212 e. The van der Waals surface area contributed by atoms with E-state index in [1.165, 1.54) is 4.88 Å². The van der Waals surface area contributed by atoms with Gasteiger partial charge in [0, 0.05) is 35.4 Å². The summed E-state index contributed by atoms with van der Waals surface area (Å²) < 4.78 is 5.03. The Kier molecular flexibility index (Phi) is 4.06. The Morgan fingerprint density at radius 3 is 2.82 bits per heavy atom. The Hall–Kier alpha value is -1.46. The van der Waals surface area contributed by atoms with Gasteiger partial charge in [-0.1, -0.05) is 6.92 Å². The molecule has 2 heterocycles. The van der Waals surface area contributed by atoms with Gasteiger partial charge in [-0.2, -0.15) is 0 Å². The van der Waals surface area contributed by atoms with E-state index in [9.17, 15) is 0 Å². The summed E-state index contributed by atoms with van der Waals surface area (Å²) in [5.74, 6) is 0.623. The second-order valence-corrected chi connectivity index (χ2v) is 4.62. The molecule has 17 heavy (non-hydrogen) atoms. The van der Waals surface area contributed by atoms with Crippen LogP contribution < -0.4 is 10.1 Å². The predicted molar refractivity (Wildman–Crippen MR) is 69.3 cm³/mol. The fraction of sp³-hybridized carbons (Fsp3) is 0.333. The Labute approximate surface area is 105 Å². The topological polar surface area (TPSA) is 47.0 Å². The van der Waals surface area contributed by atoms with Crippen molar-refractivity contribution in [3.8, 4) is 16.5 Å². The molecule has 2 aromatic heterocycles. The smallest absolute Gasteiger partial charge is 0.212 e. The monoisotopic (exact) mass is 249 g/mol. The van der Waals surface area contributed by atoms with Crippen LogP contribution in [0.3, 0.4) is 0 Å². The zero-order valence-corrected chi connectivity index (χ0v) is 10.8. The third kappa shape index (κ3) is 3.01. The highest BCUT2D eigenvalue weighted by Crippen LogP contribution is 2.25. The van der Waals surface area contributed by atoms with Crippen LogP contribution >= 0.6 is 11.3 Å². The summed E-state index contributed by atoms with van der Waals surface area (Å²) in [5, 5.41) is 4.28. The molecule has 0 amide bonds. The molecule has 0 fully saturated rings. The van der Waals surface area contributed by atoms with Gasteiger partial charge in [0.15, 0.2) is 0 Å². The predicted octanol–water partition coefficient (Wildman–Crippen LogP) is 2.32. The van der Waals surface area contributed by atoms with E-state index in [0.29, 0.717) is 5.88 Å². The van der Waals surface area contributed by atoms with E-state index >= 15 is 0 Å². The quantitative estimate of drug-likeness (QED) is 0.883. The molecule has 0 aliphatic rings. The van der Waals surface area contributed by atoms with Crippen LogP contribution in [0.4, 0.5) is 0 Å². The minimum absolute atomic E-state index is 0.623. The lowest BCUT2D eigenvalue weighted by Gasteiger charge is -1.99. The van der Waals surface area contributed by atoms with Crippen molar-refractivity contribution >= 4 is 11.3 Å². The third-order valence-electron chi connectivity index (χ3n) is 2.30. The average molecular weight is 249 g/mol. The van der Waals surface area contributed by atoms with Crippen LogP contribution in [-0.4, -0.2) is 23.6 Å². The Balaban J connectivity index is 2.12. The van der Waals surface area contributed by atoms with Crippen molar-refractivity contribution in [2.24, 2.45) is 0 Å². The van der Waals surface area contributed by atoms with Crippen molar-refractivity contribution in [3.05, 3.63) is 29.4 Å². The highest BCUT2D eigenvalue weighted by atomic mass is 32.1. The molecule has 5 heteroatoms. The lowest BCUT2D eigenvalue weighted by atomic mass is 10.3. The Bertz CT molecular complexity index is 467. The van der Waals surface area contributed by atoms with E-state index in [4.69, 9.17) is 4.74 Å². The van der Waals surface area contributed by atoms with Gasteiger partial charge in [0.1, 0.15) is 5.01 Å². The highest BCUT2D eigenvalue weighted by Gasteiger charge is 2.05. The molecular formula is C12H15N3OS. The molecule has 90 valence electrons. The van der Waals surface area contributed by atoms with Crippen LogP contribution in [-0.2, 0) is 6.54 Å². The molecular weight excluding hydrogens is 234 g/mol. The number of hydrogen-bond acceptors (Lipinski definition) is 5. The zero-order valence-electron chi connectivity index (χ0n) is 9.93. The number of methoxy groups -OCH3 is 1. The van der Waals surface area contributed by atoms with E-state index in [-0.39, 0.29) is 0 Å². The molecule has 0 bridgehead atoms. The van der Waals surface area contributed by atoms with E-state index in [0.717, 1.165) is 23.7 Å². The number of thiazole rings is 1. The summed E-state index contributed by atoms with van der Waals surface area (Å²) in [6, 6.07) is 3.82. The molecule has 0 aliphatic carbocycles. The van der Waals surface area contributed by atoms with Crippen LogP contribution in [0.5, 0.6) is 5.88 Å². The first-order valence-electron chi connectivity index (χ1n) is 5.49. The van der Waals surface area contributed by atoms with Crippen molar-refractivity contribution in [2.45, 2.75) is 13.5 Å². The van der Waals surface area contributed by atoms with Gasteiger partial charge in [-0.3, -0.25) is 0 Å². The van der Waals surface area contributed by atoms with Gasteiger partial charge in [-0.05, 0) is 12.6 Å². The maximum absolute atomic E-state index is 5.03. The fourth-order valence-electron chi connectivity index (χ4n) is 1.40. The minimum Gasteiger partial charge on any atom is -0.481 e. The maximum atomic E-state index is 5.03. The molecule has 4 nitrogen and oxygen atoms in total. The van der Waals surface area contributed by atoms with Crippen LogP contribution in [0.25, 0.3) is 10.6 Å². The minimum atomic E-state index is 0.623. The lowest BCUT2D eigenvalue weighted by Crippen LogP contribution is -2.10. The molecule has 2 aromatic rings. The van der Waals surface area contributed by atoms with E-state index in [1.54, 1.807) is 24.6 Å². The van der Waals surface area contributed by atoms with Gasteiger partial charge in [0.05, 0.1) is 7.11 Å². The lowest BCUT2D eigenvalue weighted by molar-refractivity contribution is 0.398. The first kappa shape index (κ1) is 12.0. The molecule has 0 saturated carbocycles. The summed E-state index contributed by atoms with van der Waals surface area (Å²) >= 11 is 1.68. The molecule has 0 aliphatic heterocycles. The number of hydrogen-bond donors (Lipinski definition) is 1. The third-order valence-corrected chi connectivity index (χ3v) is 3.34. The highest BCUT2D eigenvalue weighted by molar-refractivity contribution is 7.15. The summed E-state index contributed by atoms with van der Waals surface area (Å²) in [7, 11) is 1.61. The first-order valence-corrected chi connectivity index (χ1v) is 6.31. The summed E-state index contributed by atoms with van der Waals surface area (Å²) in [6.45, 7) is 3.93. The van der Waals surface area contributed by atoms with Gasteiger partial charge in [-0.15, -0.1) is 11.3 Å². The van der Waals surface area contributed by atoms with E-state index < -0.39 is 0 Å². The summed E-state index contributed by atoms with van der Waals surface area (Å²) in [6.07, 6.45) is 3.70. The Morgan fingerprint density at radius 1 is 1.29 bits per heavy atom. The van der Waals surface area contributed by atoms with Crippen molar-refractivity contribution < 1.29 is 4.74 Å².